The second-order valence-corrected chi connectivity index (χ2v) is 1.88. The summed E-state index contributed by atoms with van der Waals surface area (Å²) in [7, 11) is 0. The maximum atomic E-state index is 5.10. The van der Waals surface area contributed by atoms with Gasteiger partial charge >= 0.3 is 0 Å². The highest BCUT2D eigenvalue weighted by molar-refractivity contribution is 5.76. The Morgan fingerprint density at radius 3 is 2.91 bits per heavy atom. The zero-order chi connectivity index (χ0) is 8.53. The van der Waals surface area contributed by atoms with Crippen LogP contribution in [0.2, 0.25) is 0 Å². The van der Waals surface area contributed by atoms with Crippen LogP contribution < -0.4 is 17.1 Å². The van der Waals surface area contributed by atoms with Crippen molar-refractivity contribution in [1.82, 2.24) is 5.48 Å². The summed E-state index contributed by atoms with van der Waals surface area (Å²) in [5.74, 6) is 4.75. The third kappa shape index (κ3) is 6.88. The molecule has 0 bridgehead atoms. The summed E-state index contributed by atoms with van der Waals surface area (Å²) in [5, 5.41) is 3.08. The van der Waals surface area contributed by atoms with Crippen LogP contribution in [-0.2, 0) is 9.88 Å². The average molecular weight is 162 g/mol. The van der Waals surface area contributed by atoms with Gasteiger partial charge in [0.1, 0.15) is 0 Å². The van der Waals surface area contributed by atoms with E-state index in [1.165, 1.54) is 0 Å². The van der Waals surface area contributed by atoms with Gasteiger partial charge in [-0.05, 0) is 6.42 Å². The first-order chi connectivity index (χ1) is 5.31. The molecule has 11 heavy (non-hydrogen) atoms. The molecule has 0 fully saturated rings. The summed E-state index contributed by atoms with van der Waals surface area (Å²) < 4.78 is 0. The van der Waals surface area contributed by atoms with E-state index in [4.69, 9.17) is 11.6 Å². The molecule has 6 nitrogen and oxygen atoms in total. The molecule has 0 spiro atoms. The number of nitrogens with zero attached hydrogens (tertiary/aromatic N) is 1. The zero-order valence-corrected chi connectivity index (χ0v) is 6.54. The molecule has 0 unspecified atom stereocenters. The number of hydrogen-bond donors (Lipinski definition) is 3. The number of guanidine groups is 1. The van der Waals surface area contributed by atoms with Crippen LogP contribution in [0.25, 0.3) is 0 Å². The van der Waals surface area contributed by atoms with E-state index in [0.29, 0.717) is 6.61 Å². The van der Waals surface area contributed by atoms with Crippen LogP contribution in [0.3, 0.4) is 0 Å². The molecule has 0 aromatic carbocycles. The Labute approximate surface area is 65.4 Å². The second kappa shape index (κ2) is 7.10. The third-order valence-corrected chi connectivity index (χ3v) is 0.925. The van der Waals surface area contributed by atoms with E-state index in [-0.39, 0.29) is 5.96 Å². The standard InChI is InChI=1S/C5H14N4O2/c1-2-3-4-10-11-9-5(6)8-7/h2-4,7H2,1H3,(H3,6,8,9). The molecule has 0 aromatic rings. The van der Waals surface area contributed by atoms with Crippen LogP contribution in [0.4, 0.5) is 0 Å². The van der Waals surface area contributed by atoms with E-state index in [1.807, 2.05) is 6.92 Å². The van der Waals surface area contributed by atoms with Gasteiger partial charge in [0, 0.05) is 0 Å². The van der Waals surface area contributed by atoms with E-state index >= 15 is 0 Å². The minimum absolute atomic E-state index is 0.0264. The summed E-state index contributed by atoms with van der Waals surface area (Å²) in [6.07, 6.45) is 1.98. The van der Waals surface area contributed by atoms with Crippen LogP contribution in [0.15, 0.2) is 5.10 Å². The van der Waals surface area contributed by atoms with E-state index in [9.17, 15) is 0 Å². The number of hydrazone groups is 1. The number of hydrogen-bond acceptors (Lipinski definition) is 4. The lowest BCUT2D eigenvalue weighted by Gasteiger charge is -2.02. The smallest absolute Gasteiger partial charge is 0.237 e. The summed E-state index contributed by atoms with van der Waals surface area (Å²) in [5.41, 5.74) is 7.27. The quantitative estimate of drug-likeness (QED) is 0.126. The van der Waals surface area contributed by atoms with Gasteiger partial charge in [-0.1, -0.05) is 13.3 Å². The maximum absolute atomic E-state index is 5.10. The van der Waals surface area contributed by atoms with Crippen LogP contribution in [0.1, 0.15) is 19.8 Å². The van der Waals surface area contributed by atoms with Crippen LogP contribution in [0.5, 0.6) is 0 Å². The number of nitrogens with two attached hydrogens (primary N) is 2. The van der Waals surface area contributed by atoms with Crippen LogP contribution in [0, 0.1) is 0 Å². The SMILES string of the molecule is CCCCOONC(N)=NN. The van der Waals surface area contributed by atoms with Gasteiger partial charge in [-0.15, -0.1) is 10.1 Å². The number of rotatable bonds is 5. The summed E-state index contributed by atoms with van der Waals surface area (Å²) in [6.45, 7) is 2.56. The lowest BCUT2D eigenvalue weighted by atomic mass is 10.4. The number of hydroxylamine groups is 1. The fraction of sp³-hybridized carbons (Fsp3) is 0.800. The highest BCUT2D eigenvalue weighted by atomic mass is 17.3. The molecular weight excluding hydrogens is 148 g/mol. The number of nitrogens with one attached hydrogen (secondary N) is 1. The first-order valence-electron chi connectivity index (χ1n) is 3.39. The van der Waals surface area contributed by atoms with Crippen molar-refractivity contribution in [1.29, 1.82) is 0 Å². The van der Waals surface area contributed by atoms with Gasteiger partial charge < -0.3 is 11.6 Å². The zero-order valence-electron chi connectivity index (χ0n) is 6.54. The van der Waals surface area contributed by atoms with Crippen molar-refractivity contribution in [2.75, 3.05) is 6.61 Å². The first kappa shape index (κ1) is 9.99. The first-order valence-corrected chi connectivity index (χ1v) is 3.39. The van der Waals surface area contributed by atoms with E-state index in [1.54, 1.807) is 0 Å². The van der Waals surface area contributed by atoms with E-state index in [2.05, 4.69) is 20.5 Å². The van der Waals surface area contributed by atoms with Crippen molar-refractivity contribution in [3.05, 3.63) is 0 Å². The lowest BCUT2D eigenvalue weighted by Crippen LogP contribution is -2.32. The van der Waals surface area contributed by atoms with Gasteiger partial charge in [-0.2, -0.15) is 0 Å². The van der Waals surface area contributed by atoms with Crippen molar-refractivity contribution in [2.24, 2.45) is 16.7 Å². The lowest BCUT2D eigenvalue weighted by molar-refractivity contribution is -0.322. The summed E-state index contributed by atoms with van der Waals surface area (Å²) in [6, 6.07) is 0. The fourth-order valence-electron chi connectivity index (χ4n) is 0.343. The molecule has 0 rings (SSSR count). The Bertz CT molecular complexity index is 117. The van der Waals surface area contributed by atoms with Crippen molar-refractivity contribution in [3.63, 3.8) is 0 Å². The minimum atomic E-state index is -0.0264. The molecule has 0 saturated carbocycles. The molecule has 0 aliphatic rings. The molecule has 0 atom stereocenters. The monoisotopic (exact) mass is 162 g/mol. The Balaban J connectivity index is 3.02. The molecule has 66 valence electrons. The fourth-order valence-corrected chi connectivity index (χ4v) is 0.343. The molecule has 6 heteroatoms. The Kier molecular flexibility index (Phi) is 6.45. The van der Waals surface area contributed by atoms with Crippen molar-refractivity contribution in [2.45, 2.75) is 19.8 Å². The maximum Gasteiger partial charge on any atom is 0.237 e. The molecule has 0 aliphatic heterocycles. The Morgan fingerprint density at radius 2 is 2.36 bits per heavy atom. The molecule has 0 radical (unpaired) electrons. The highest BCUT2D eigenvalue weighted by Crippen LogP contribution is 1.86. The van der Waals surface area contributed by atoms with Gasteiger partial charge in [0.25, 0.3) is 0 Å². The normalized spacial score (nSPS) is 11.5. The molecule has 5 N–H and O–H groups in total. The van der Waals surface area contributed by atoms with Crippen molar-refractivity contribution in [3.8, 4) is 0 Å². The second-order valence-electron chi connectivity index (χ2n) is 1.88. The van der Waals surface area contributed by atoms with Gasteiger partial charge in [0.05, 0.1) is 6.61 Å². The van der Waals surface area contributed by atoms with E-state index < -0.39 is 0 Å². The van der Waals surface area contributed by atoms with Gasteiger partial charge in [0.15, 0.2) is 0 Å². The molecule has 0 amide bonds. The molecular formula is C5H14N4O2. The molecule has 0 saturated heterocycles. The van der Waals surface area contributed by atoms with Crippen molar-refractivity contribution < 1.29 is 9.88 Å². The van der Waals surface area contributed by atoms with Gasteiger partial charge in [-0.3, -0.25) is 0 Å². The molecule has 0 heterocycles. The van der Waals surface area contributed by atoms with Crippen LogP contribution in [-0.4, -0.2) is 12.6 Å². The highest BCUT2D eigenvalue weighted by Gasteiger charge is 1.89. The average Bonchev–Trinajstić information content (AvgIpc) is 2.04. The predicted octanol–water partition coefficient (Wildman–Crippen LogP) is -0.572. The van der Waals surface area contributed by atoms with Crippen LogP contribution >= 0.6 is 0 Å². The summed E-state index contributed by atoms with van der Waals surface area (Å²) >= 11 is 0. The minimum Gasteiger partial charge on any atom is -0.367 e. The van der Waals surface area contributed by atoms with Crippen molar-refractivity contribution >= 4 is 5.96 Å². The van der Waals surface area contributed by atoms with Gasteiger partial charge in [-0.25, -0.2) is 10.4 Å². The third-order valence-electron chi connectivity index (χ3n) is 0.925. The predicted molar refractivity (Wildman–Crippen MR) is 40.9 cm³/mol. The summed E-state index contributed by atoms with van der Waals surface area (Å²) in [4.78, 5) is 9.02. The van der Waals surface area contributed by atoms with E-state index in [0.717, 1.165) is 12.8 Å². The Morgan fingerprint density at radius 1 is 1.64 bits per heavy atom. The largest absolute Gasteiger partial charge is 0.367 e. The topological polar surface area (TPSA) is 94.9 Å². The molecule has 0 aliphatic carbocycles. The van der Waals surface area contributed by atoms with Gasteiger partial charge in [0.2, 0.25) is 5.96 Å². The molecule has 0 aromatic heterocycles. The Hall–Kier alpha value is -1.01. The number of unbranched alkanes of at least 4 members (excludes halogenated alkanes) is 1.